The summed E-state index contributed by atoms with van der Waals surface area (Å²) in [5.41, 5.74) is 4.32. The number of rotatable bonds is 13. The highest BCUT2D eigenvalue weighted by molar-refractivity contribution is 5.16. The predicted molar refractivity (Wildman–Crippen MR) is 155 cm³/mol. The zero-order valence-electron chi connectivity index (χ0n) is 22.8. The highest BCUT2D eigenvalue weighted by Gasteiger charge is 2.47. The van der Waals surface area contributed by atoms with Crippen molar-refractivity contribution in [3.05, 3.63) is 144 Å². The van der Waals surface area contributed by atoms with Gasteiger partial charge in [0.1, 0.15) is 12.2 Å². The van der Waals surface area contributed by atoms with Crippen LogP contribution in [0, 0.1) is 5.92 Å². The Morgan fingerprint density at radius 2 is 0.800 bits per heavy atom. The summed E-state index contributed by atoms with van der Waals surface area (Å²) in [7, 11) is 0. The minimum absolute atomic E-state index is 0.0265. The molecule has 208 valence electrons. The molecule has 0 amide bonds. The molecular formula is C35H38O5. The summed E-state index contributed by atoms with van der Waals surface area (Å²) < 4.78 is 26.3. The number of hydrogen-bond donors (Lipinski definition) is 1. The van der Waals surface area contributed by atoms with Crippen LogP contribution >= 0.6 is 0 Å². The van der Waals surface area contributed by atoms with Gasteiger partial charge in [0.15, 0.2) is 0 Å². The van der Waals surface area contributed by atoms with Crippen LogP contribution in [0.5, 0.6) is 0 Å². The van der Waals surface area contributed by atoms with Gasteiger partial charge in [-0.05, 0) is 28.7 Å². The molecule has 5 atom stereocenters. The van der Waals surface area contributed by atoms with E-state index in [0.717, 1.165) is 22.3 Å². The average Bonchev–Trinajstić information content (AvgIpc) is 3.03. The van der Waals surface area contributed by atoms with Gasteiger partial charge < -0.3 is 24.1 Å². The molecule has 0 radical (unpaired) electrons. The smallest absolute Gasteiger partial charge is 0.113 e. The number of aliphatic hydroxyl groups excluding tert-OH is 1. The Balaban J connectivity index is 1.41. The fraction of sp³-hybridized carbons (Fsp3) is 0.314. The molecule has 1 aliphatic rings. The summed E-state index contributed by atoms with van der Waals surface area (Å²) in [6, 6.07) is 40.5. The normalized spacial score (nSPS) is 22.7. The van der Waals surface area contributed by atoms with Gasteiger partial charge in [0.25, 0.3) is 0 Å². The van der Waals surface area contributed by atoms with E-state index in [9.17, 15) is 5.11 Å². The first-order valence-corrected chi connectivity index (χ1v) is 14.0. The summed E-state index contributed by atoms with van der Waals surface area (Å²) in [5, 5.41) is 10.5. The van der Waals surface area contributed by atoms with Gasteiger partial charge in [-0.2, -0.15) is 0 Å². The third-order valence-electron chi connectivity index (χ3n) is 7.41. The fourth-order valence-corrected chi connectivity index (χ4v) is 5.28. The number of ether oxygens (including phenoxy) is 4. The van der Waals surface area contributed by atoms with E-state index < -0.39 is 12.2 Å². The lowest BCUT2D eigenvalue weighted by Gasteiger charge is -2.45. The van der Waals surface area contributed by atoms with E-state index in [2.05, 4.69) is 36.4 Å². The molecule has 0 unspecified atom stereocenters. The first kappa shape index (κ1) is 28.2. The molecule has 0 aromatic heterocycles. The molecule has 0 saturated heterocycles. The van der Waals surface area contributed by atoms with Crippen molar-refractivity contribution < 1.29 is 24.1 Å². The molecule has 4 aromatic carbocycles. The van der Waals surface area contributed by atoms with Gasteiger partial charge in [-0.1, -0.05) is 121 Å². The Morgan fingerprint density at radius 1 is 0.450 bits per heavy atom. The van der Waals surface area contributed by atoms with Crippen LogP contribution in [0.2, 0.25) is 0 Å². The Kier molecular flexibility index (Phi) is 10.5. The average molecular weight is 539 g/mol. The lowest BCUT2D eigenvalue weighted by Crippen LogP contribution is -2.58. The molecule has 0 bridgehead atoms. The molecule has 0 aliphatic heterocycles. The van der Waals surface area contributed by atoms with Crippen molar-refractivity contribution in [3.63, 3.8) is 0 Å². The van der Waals surface area contributed by atoms with Crippen LogP contribution in [-0.4, -0.2) is 36.1 Å². The zero-order valence-corrected chi connectivity index (χ0v) is 22.8. The van der Waals surface area contributed by atoms with Gasteiger partial charge in [0.05, 0.1) is 38.6 Å². The monoisotopic (exact) mass is 538 g/mol. The van der Waals surface area contributed by atoms with Gasteiger partial charge in [-0.15, -0.1) is 0 Å². The van der Waals surface area contributed by atoms with Gasteiger partial charge in [-0.25, -0.2) is 0 Å². The standard InChI is InChI=1S/C35H38O5/c36-22-31-21-32(37-23-27-13-5-1-6-14-27)34(39-25-29-17-9-3-10-18-29)35(40-26-30-19-11-4-12-20-30)33(31)38-24-28-15-7-2-8-16-28/h1-20,31-36H,21-26H2/t31-,32-,33-,34+,35+/m1/s1. The molecule has 1 saturated carbocycles. The molecule has 0 heterocycles. The Bertz CT molecular complexity index is 1240. The number of benzene rings is 4. The van der Waals surface area contributed by atoms with Crippen LogP contribution in [0.3, 0.4) is 0 Å². The predicted octanol–water partition coefficient (Wildman–Crippen LogP) is 6.34. The van der Waals surface area contributed by atoms with Crippen LogP contribution < -0.4 is 0 Å². The van der Waals surface area contributed by atoms with E-state index in [0.29, 0.717) is 32.8 Å². The third-order valence-corrected chi connectivity index (χ3v) is 7.41. The van der Waals surface area contributed by atoms with E-state index in [-0.39, 0.29) is 24.7 Å². The molecule has 1 N–H and O–H groups in total. The molecule has 1 aliphatic carbocycles. The Morgan fingerprint density at radius 3 is 1.20 bits per heavy atom. The Labute approximate surface area is 237 Å². The van der Waals surface area contributed by atoms with Crippen molar-refractivity contribution in [2.45, 2.75) is 57.3 Å². The topological polar surface area (TPSA) is 57.2 Å². The van der Waals surface area contributed by atoms with Gasteiger partial charge >= 0.3 is 0 Å². The molecule has 1 fully saturated rings. The minimum atomic E-state index is -0.445. The summed E-state index contributed by atoms with van der Waals surface area (Å²) in [6.07, 6.45) is -0.881. The van der Waals surface area contributed by atoms with Crippen molar-refractivity contribution in [3.8, 4) is 0 Å². The SMILES string of the molecule is OC[C@H]1C[C@@H](OCc2ccccc2)[C@H](OCc2ccccc2)[C@@H](OCc2ccccc2)[C@@H]1OCc1ccccc1. The second-order valence-electron chi connectivity index (χ2n) is 10.3. The lowest BCUT2D eigenvalue weighted by atomic mass is 9.80. The molecule has 5 nitrogen and oxygen atoms in total. The third kappa shape index (κ3) is 7.87. The number of aliphatic hydroxyl groups is 1. The minimum Gasteiger partial charge on any atom is -0.396 e. The van der Waals surface area contributed by atoms with Crippen molar-refractivity contribution in [2.75, 3.05) is 6.61 Å². The Hall–Kier alpha value is -3.32. The van der Waals surface area contributed by atoms with Gasteiger partial charge in [0.2, 0.25) is 0 Å². The quantitative estimate of drug-likeness (QED) is 0.215. The van der Waals surface area contributed by atoms with Crippen LogP contribution in [-0.2, 0) is 45.4 Å². The highest BCUT2D eigenvalue weighted by Crippen LogP contribution is 2.35. The molecular weight excluding hydrogens is 500 g/mol. The molecule has 0 spiro atoms. The van der Waals surface area contributed by atoms with Crippen molar-refractivity contribution in [1.29, 1.82) is 0 Å². The van der Waals surface area contributed by atoms with Crippen molar-refractivity contribution in [1.82, 2.24) is 0 Å². The van der Waals surface area contributed by atoms with Crippen LogP contribution in [0.4, 0.5) is 0 Å². The summed E-state index contributed by atoms with van der Waals surface area (Å²) in [4.78, 5) is 0. The van der Waals surface area contributed by atoms with E-state index in [1.165, 1.54) is 0 Å². The number of hydrogen-bond acceptors (Lipinski definition) is 5. The molecule has 4 aromatic rings. The molecule has 5 heteroatoms. The fourth-order valence-electron chi connectivity index (χ4n) is 5.28. The summed E-state index contributed by atoms with van der Waals surface area (Å²) in [5.74, 6) is -0.165. The van der Waals surface area contributed by atoms with E-state index in [1.807, 2.05) is 84.9 Å². The largest absolute Gasteiger partial charge is 0.396 e. The van der Waals surface area contributed by atoms with Crippen molar-refractivity contribution >= 4 is 0 Å². The highest BCUT2D eigenvalue weighted by atomic mass is 16.6. The van der Waals surface area contributed by atoms with Crippen molar-refractivity contribution in [2.24, 2.45) is 5.92 Å². The second kappa shape index (κ2) is 14.9. The van der Waals surface area contributed by atoms with E-state index >= 15 is 0 Å². The van der Waals surface area contributed by atoms with Gasteiger partial charge in [0, 0.05) is 12.5 Å². The van der Waals surface area contributed by atoms with E-state index in [1.54, 1.807) is 0 Å². The van der Waals surface area contributed by atoms with Crippen LogP contribution in [0.15, 0.2) is 121 Å². The first-order chi connectivity index (χ1) is 19.8. The second-order valence-corrected chi connectivity index (χ2v) is 10.3. The maximum Gasteiger partial charge on any atom is 0.113 e. The summed E-state index contributed by atoms with van der Waals surface area (Å²) >= 11 is 0. The maximum absolute atomic E-state index is 10.5. The van der Waals surface area contributed by atoms with E-state index in [4.69, 9.17) is 18.9 Å². The zero-order chi connectivity index (χ0) is 27.4. The van der Waals surface area contributed by atoms with Crippen LogP contribution in [0.25, 0.3) is 0 Å². The molecule has 40 heavy (non-hydrogen) atoms. The maximum atomic E-state index is 10.5. The molecule has 5 rings (SSSR count). The first-order valence-electron chi connectivity index (χ1n) is 14.0. The summed E-state index contributed by atoms with van der Waals surface area (Å²) in [6.45, 7) is 1.69. The van der Waals surface area contributed by atoms with Crippen LogP contribution in [0.1, 0.15) is 28.7 Å². The van der Waals surface area contributed by atoms with Gasteiger partial charge in [-0.3, -0.25) is 0 Å². The lowest BCUT2D eigenvalue weighted by molar-refractivity contribution is -0.233.